The Morgan fingerprint density at radius 3 is 2.40 bits per heavy atom. The molecule has 1 unspecified atom stereocenters. The third kappa shape index (κ3) is 4.09. The van der Waals surface area contributed by atoms with Crippen LogP contribution in [0.3, 0.4) is 0 Å². The molecule has 15 heavy (non-hydrogen) atoms. The maximum absolute atomic E-state index is 6.09. The van der Waals surface area contributed by atoms with E-state index in [1.54, 1.807) is 0 Å². The Morgan fingerprint density at radius 2 is 1.93 bits per heavy atom. The summed E-state index contributed by atoms with van der Waals surface area (Å²) in [5.74, 6) is 0. The molecular formula is C12H26N2O. The average Bonchev–Trinajstić information content (AvgIpc) is 1.99. The first-order chi connectivity index (χ1) is 6.71. The van der Waals surface area contributed by atoms with E-state index in [9.17, 15) is 0 Å². The van der Waals surface area contributed by atoms with Crippen molar-refractivity contribution in [3.05, 3.63) is 0 Å². The number of likely N-dealkylation sites (N-methyl/N-ethyl adjacent to an activating group) is 1. The van der Waals surface area contributed by atoms with Gasteiger partial charge in [0.2, 0.25) is 0 Å². The molecule has 3 heteroatoms. The fraction of sp³-hybridized carbons (Fsp3) is 1.00. The van der Waals surface area contributed by atoms with Gasteiger partial charge in [0.25, 0.3) is 0 Å². The van der Waals surface area contributed by atoms with E-state index in [4.69, 9.17) is 10.5 Å². The van der Waals surface area contributed by atoms with E-state index in [0.29, 0.717) is 6.10 Å². The predicted molar refractivity (Wildman–Crippen MR) is 63.9 cm³/mol. The van der Waals surface area contributed by atoms with Gasteiger partial charge in [-0.05, 0) is 32.7 Å². The average molecular weight is 214 g/mol. The smallest absolute Gasteiger partial charge is 0.0753 e. The van der Waals surface area contributed by atoms with Crippen molar-refractivity contribution in [1.29, 1.82) is 0 Å². The van der Waals surface area contributed by atoms with E-state index < -0.39 is 0 Å². The van der Waals surface area contributed by atoms with E-state index in [0.717, 1.165) is 26.1 Å². The van der Waals surface area contributed by atoms with Crippen molar-refractivity contribution in [3.8, 4) is 0 Å². The van der Waals surface area contributed by atoms with Gasteiger partial charge in [-0.25, -0.2) is 0 Å². The van der Waals surface area contributed by atoms with E-state index in [1.807, 2.05) is 0 Å². The maximum atomic E-state index is 6.09. The molecule has 1 aliphatic heterocycles. The largest absolute Gasteiger partial charge is 0.375 e. The summed E-state index contributed by atoms with van der Waals surface area (Å²) >= 11 is 0. The van der Waals surface area contributed by atoms with Gasteiger partial charge in [0.15, 0.2) is 0 Å². The van der Waals surface area contributed by atoms with Crippen molar-refractivity contribution in [1.82, 2.24) is 4.90 Å². The summed E-state index contributed by atoms with van der Waals surface area (Å²) < 4.78 is 5.86. The molecule has 0 aromatic heterocycles. The number of morpholine rings is 1. The summed E-state index contributed by atoms with van der Waals surface area (Å²) in [4.78, 5) is 2.33. The minimum atomic E-state index is -0.122. The Balaban J connectivity index is 2.59. The first kappa shape index (κ1) is 12.9. The molecule has 1 aliphatic rings. The SMILES string of the molecule is CN1CCOC(C(C)(C)CC(C)(C)N)C1. The summed E-state index contributed by atoms with van der Waals surface area (Å²) in [7, 11) is 2.15. The zero-order chi connectivity index (χ0) is 11.7. The molecule has 1 rings (SSSR count). The molecule has 3 nitrogen and oxygen atoms in total. The number of rotatable bonds is 3. The lowest BCUT2D eigenvalue weighted by Gasteiger charge is -2.42. The first-order valence-electron chi connectivity index (χ1n) is 5.80. The highest BCUT2D eigenvalue weighted by Gasteiger charge is 2.36. The van der Waals surface area contributed by atoms with E-state index in [2.05, 4.69) is 39.6 Å². The molecule has 2 N–H and O–H groups in total. The molecule has 0 radical (unpaired) electrons. The van der Waals surface area contributed by atoms with Crippen molar-refractivity contribution in [2.24, 2.45) is 11.1 Å². The van der Waals surface area contributed by atoms with Crippen LogP contribution in [-0.2, 0) is 4.74 Å². The second-order valence-electron chi connectivity index (χ2n) is 6.28. The fourth-order valence-corrected chi connectivity index (χ4v) is 2.54. The number of ether oxygens (including phenoxy) is 1. The standard InChI is InChI=1S/C12H26N2O/c1-11(2,9-12(3,4)13)10-8-14(5)6-7-15-10/h10H,6-9,13H2,1-5H3. The summed E-state index contributed by atoms with van der Waals surface area (Å²) in [6.45, 7) is 11.6. The Bertz CT molecular complexity index is 208. The normalized spacial score (nSPS) is 25.6. The highest BCUT2D eigenvalue weighted by molar-refractivity contribution is 4.90. The van der Waals surface area contributed by atoms with Crippen LogP contribution >= 0.6 is 0 Å². The molecule has 1 saturated heterocycles. The van der Waals surface area contributed by atoms with Gasteiger partial charge in [-0.3, -0.25) is 0 Å². The monoisotopic (exact) mass is 214 g/mol. The molecule has 0 aromatic rings. The summed E-state index contributed by atoms with van der Waals surface area (Å²) in [5, 5.41) is 0. The van der Waals surface area contributed by atoms with Crippen molar-refractivity contribution in [2.45, 2.75) is 45.8 Å². The molecule has 0 bridgehead atoms. The number of nitrogens with two attached hydrogens (primary N) is 1. The Labute approximate surface area is 94.0 Å². The topological polar surface area (TPSA) is 38.5 Å². The first-order valence-corrected chi connectivity index (χ1v) is 5.80. The lowest BCUT2D eigenvalue weighted by molar-refractivity contribution is -0.0860. The molecule has 0 spiro atoms. The highest BCUT2D eigenvalue weighted by atomic mass is 16.5. The second kappa shape index (κ2) is 4.40. The van der Waals surface area contributed by atoms with Crippen molar-refractivity contribution in [3.63, 3.8) is 0 Å². The molecule has 0 amide bonds. The quantitative estimate of drug-likeness (QED) is 0.773. The lowest BCUT2D eigenvalue weighted by atomic mass is 9.76. The third-order valence-corrected chi connectivity index (χ3v) is 3.05. The predicted octanol–water partition coefficient (Wildman–Crippen LogP) is 1.47. The van der Waals surface area contributed by atoms with Gasteiger partial charge in [0.05, 0.1) is 12.7 Å². The molecule has 1 atom stereocenters. The van der Waals surface area contributed by atoms with Crippen molar-refractivity contribution >= 4 is 0 Å². The minimum absolute atomic E-state index is 0.122. The molecular weight excluding hydrogens is 188 g/mol. The van der Waals surface area contributed by atoms with Gasteiger partial charge in [-0.2, -0.15) is 0 Å². The Morgan fingerprint density at radius 1 is 1.33 bits per heavy atom. The Kier molecular flexibility index (Phi) is 3.80. The van der Waals surface area contributed by atoms with E-state index in [1.165, 1.54) is 0 Å². The van der Waals surface area contributed by atoms with Gasteiger partial charge in [0, 0.05) is 18.6 Å². The van der Waals surface area contributed by atoms with Crippen LogP contribution in [0.1, 0.15) is 34.1 Å². The van der Waals surface area contributed by atoms with Crippen LogP contribution in [0.2, 0.25) is 0 Å². The van der Waals surface area contributed by atoms with E-state index >= 15 is 0 Å². The van der Waals surface area contributed by atoms with Gasteiger partial charge >= 0.3 is 0 Å². The summed E-state index contributed by atoms with van der Waals surface area (Å²) in [6.07, 6.45) is 1.29. The molecule has 0 saturated carbocycles. The minimum Gasteiger partial charge on any atom is -0.375 e. The maximum Gasteiger partial charge on any atom is 0.0753 e. The van der Waals surface area contributed by atoms with Crippen molar-refractivity contribution < 1.29 is 4.74 Å². The van der Waals surface area contributed by atoms with Crippen LogP contribution in [0, 0.1) is 5.41 Å². The van der Waals surface area contributed by atoms with Crippen LogP contribution in [0.4, 0.5) is 0 Å². The van der Waals surface area contributed by atoms with Crippen LogP contribution in [-0.4, -0.2) is 43.3 Å². The van der Waals surface area contributed by atoms with Gasteiger partial charge in [-0.1, -0.05) is 13.8 Å². The number of hydrogen-bond acceptors (Lipinski definition) is 3. The summed E-state index contributed by atoms with van der Waals surface area (Å²) in [6, 6.07) is 0. The fourth-order valence-electron chi connectivity index (χ4n) is 2.54. The zero-order valence-corrected chi connectivity index (χ0v) is 10.8. The molecule has 0 aliphatic carbocycles. The van der Waals surface area contributed by atoms with Gasteiger partial charge < -0.3 is 15.4 Å². The van der Waals surface area contributed by atoms with Crippen LogP contribution in [0.5, 0.6) is 0 Å². The third-order valence-electron chi connectivity index (χ3n) is 3.05. The highest BCUT2D eigenvalue weighted by Crippen LogP contribution is 2.33. The Hall–Kier alpha value is -0.120. The van der Waals surface area contributed by atoms with Crippen LogP contribution in [0.25, 0.3) is 0 Å². The van der Waals surface area contributed by atoms with Crippen LogP contribution < -0.4 is 5.73 Å². The van der Waals surface area contributed by atoms with E-state index in [-0.39, 0.29) is 11.0 Å². The van der Waals surface area contributed by atoms with Crippen LogP contribution in [0.15, 0.2) is 0 Å². The molecule has 90 valence electrons. The van der Waals surface area contributed by atoms with Gasteiger partial charge in [-0.15, -0.1) is 0 Å². The lowest BCUT2D eigenvalue weighted by Crippen LogP contribution is -2.50. The zero-order valence-electron chi connectivity index (χ0n) is 10.8. The molecule has 1 fully saturated rings. The summed E-state index contributed by atoms with van der Waals surface area (Å²) in [5.41, 5.74) is 6.12. The molecule has 0 aromatic carbocycles. The second-order valence-corrected chi connectivity index (χ2v) is 6.28. The number of hydrogen-bond donors (Lipinski definition) is 1. The van der Waals surface area contributed by atoms with Gasteiger partial charge in [0.1, 0.15) is 0 Å². The molecule has 1 heterocycles. The van der Waals surface area contributed by atoms with Crippen molar-refractivity contribution in [2.75, 3.05) is 26.7 Å². The number of nitrogens with zero attached hydrogens (tertiary/aromatic N) is 1.